The number of nitrogens with one attached hydrogen (secondary N) is 2. The van der Waals surface area contributed by atoms with E-state index in [1.54, 1.807) is 31.2 Å². The smallest absolute Gasteiger partial charge is 0.325 e. The van der Waals surface area contributed by atoms with E-state index < -0.39 is 29.9 Å². The highest BCUT2D eigenvalue weighted by atomic mass is 16.5. The fourth-order valence-corrected chi connectivity index (χ4v) is 2.84. The number of ether oxygens (including phenoxy) is 1. The number of pyridine rings is 1. The van der Waals surface area contributed by atoms with Crippen molar-refractivity contribution in [3.05, 3.63) is 53.7 Å². The number of hydrogen-bond acceptors (Lipinski definition) is 5. The number of urea groups is 1. The van der Waals surface area contributed by atoms with Gasteiger partial charge >= 0.3 is 6.03 Å². The normalized spacial score (nSPS) is 19.0. The molecule has 8 heteroatoms. The SMILES string of the molecule is COc1ccc(NC(=O)CN2C(=O)N[C@@](C)(c3ccc(C)cc3)C2=O)cn1. The van der Waals surface area contributed by atoms with Crippen molar-refractivity contribution in [2.24, 2.45) is 0 Å². The zero-order chi connectivity index (χ0) is 19.6. The number of hydrogen-bond donors (Lipinski definition) is 2. The van der Waals surface area contributed by atoms with E-state index in [2.05, 4.69) is 15.6 Å². The van der Waals surface area contributed by atoms with Crippen LogP contribution >= 0.6 is 0 Å². The van der Waals surface area contributed by atoms with Crippen LogP contribution in [0.4, 0.5) is 10.5 Å². The molecule has 0 bridgehead atoms. The quantitative estimate of drug-likeness (QED) is 0.784. The second-order valence-corrected chi connectivity index (χ2v) is 6.45. The van der Waals surface area contributed by atoms with Gasteiger partial charge < -0.3 is 15.4 Å². The van der Waals surface area contributed by atoms with Crippen molar-refractivity contribution in [3.63, 3.8) is 0 Å². The molecule has 1 fully saturated rings. The highest BCUT2D eigenvalue weighted by molar-refractivity contribution is 6.10. The van der Waals surface area contributed by atoms with Crippen molar-refractivity contribution in [3.8, 4) is 5.88 Å². The molecule has 0 spiro atoms. The lowest BCUT2D eigenvalue weighted by Gasteiger charge is -2.22. The summed E-state index contributed by atoms with van der Waals surface area (Å²) in [6.07, 6.45) is 1.43. The van der Waals surface area contributed by atoms with Crippen molar-refractivity contribution in [2.75, 3.05) is 19.0 Å². The molecule has 1 aromatic carbocycles. The van der Waals surface area contributed by atoms with Crippen LogP contribution in [0.25, 0.3) is 0 Å². The van der Waals surface area contributed by atoms with Crippen molar-refractivity contribution in [2.45, 2.75) is 19.4 Å². The molecule has 3 rings (SSSR count). The zero-order valence-corrected chi connectivity index (χ0v) is 15.3. The summed E-state index contributed by atoms with van der Waals surface area (Å²) in [4.78, 5) is 42.3. The van der Waals surface area contributed by atoms with Crippen LogP contribution in [0.3, 0.4) is 0 Å². The van der Waals surface area contributed by atoms with Gasteiger partial charge in [0, 0.05) is 6.07 Å². The number of aromatic nitrogens is 1. The summed E-state index contributed by atoms with van der Waals surface area (Å²) in [6, 6.07) is 9.92. The van der Waals surface area contributed by atoms with Crippen LogP contribution in [0.1, 0.15) is 18.1 Å². The Hall–Kier alpha value is -3.42. The number of aryl methyl sites for hydroxylation is 1. The second-order valence-electron chi connectivity index (χ2n) is 6.45. The standard InChI is InChI=1S/C19H20N4O4/c1-12-4-6-13(7-5-12)19(2)17(25)23(18(26)22-19)11-15(24)21-14-8-9-16(27-3)20-10-14/h4-10H,11H2,1-3H3,(H,21,24)(H,22,26)/t19-/m0/s1. The topological polar surface area (TPSA) is 101 Å². The number of amides is 4. The van der Waals surface area contributed by atoms with Crippen molar-refractivity contribution in [1.82, 2.24) is 15.2 Å². The zero-order valence-electron chi connectivity index (χ0n) is 15.3. The Labute approximate surface area is 156 Å². The summed E-state index contributed by atoms with van der Waals surface area (Å²) in [6.45, 7) is 3.17. The Bertz CT molecular complexity index is 880. The van der Waals surface area contributed by atoms with Gasteiger partial charge in [-0.05, 0) is 25.5 Å². The van der Waals surface area contributed by atoms with Crippen LogP contribution in [0, 0.1) is 6.92 Å². The molecule has 1 atom stereocenters. The summed E-state index contributed by atoms with van der Waals surface area (Å²) in [5, 5.41) is 5.28. The maximum Gasteiger partial charge on any atom is 0.325 e. The summed E-state index contributed by atoms with van der Waals surface area (Å²) in [5.41, 5.74) is 0.943. The van der Waals surface area contributed by atoms with Gasteiger partial charge in [-0.2, -0.15) is 0 Å². The molecule has 27 heavy (non-hydrogen) atoms. The average molecular weight is 368 g/mol. The van der Waals surface area contributed by atoms with Gasteiger partial charge in [0.25, 0.3) is 5.91 Å². The number of anilines is 1. The fourth-order valence-electron chi connectivity index (χ4n) is 2.84. The molecule has 4 amide bonds. The molecular weight excluding hydrogens is 348 g/mol. The number of methoxy groups -OCH3 is 1. The average Bonchev–Trinajstić information content (AvgIpc) is 2.87. The van der Waals surface area contributed by atoms with Crippen LogP contribution in [0.15, 0.2) is 42.6 Å². The summed E-state index contributed by atoms with van der Waals surface area (Å²) < 4.78 is 4.95. The van der Waals surface area contributed by atoms with Crippen molar-refractivity contribution < 1.29 is 19.1 Å². The van der Waals surface area contributed by atoms with Gasteiger partial charge in [-0.15, -0.1) is 0 Å². The monoisotopic (exact) mass is 368 g/mol. The lowest BCUT2D eigenvalue weighted by molar-refractivity contribution is -0.133. The van der Waals surface area contributed by atoms with E-state index in [4.69, 9.17) is 4.74 Å². The molecule has 140 valence electrons. The summed E-state index contributed by atoms with van der Waals surface area (Å²) >= 11 is 0. The van der Waals surface area contributed by atoms with Gasteiger partial charge in [0.1, 0.15) is 12.1 Å². The molecule has 2 aromatic rings. The lowest BCUT2D eigenvalue weighted by Crippen LogP contribution is -2.42. The Morgan fingerprint density at radius 1 is 1.22 bits per heavy atom. The van der Waals surface area contributed by atoms with E-state index in [1.165, 1.54) is 13.3 Å². The predicted octanol–water partition coefficient (Wildman–Crippen LogP) is 1.80. The molecular formula is C19H20N4O4. The Kier molecular flexibility index (Phi) is 4.81. The minimum Gasteiger partial charge on any atom is -0.481 e. The highest BCUT2D eigenvalue weighted by Crippen LogP contribution is 2.29. The Morgan fingerprint density at radius 2 is 1.93 bits per heavy atom. The lowest BCUT2D eigenvalue weighted by atomic mass is 9.91. The van der Waals surface area contributed by atoms with Gasteiger partial charge in [0.05, 0.1) is 19.0 Å². The van der Waals surface area contributed by atoms with Crippen molar-refractivity contribution in [1.29, 1.82) is 0 Å². The first-order chi connectivity index (χ1) is 12.8. The molecule has 1 aliphatic rings. The molecule has 0 saturated carbocycles. The molecule has 2 heterocycles. The van der Waals surface area contributed by atoms with Crippen LogP contribution in [-0.4, -0.2) is 41.4 Å². The third-order valence-corrected chi connectivity index (χ3v) is 4.43. The fraction of sp³-hybridized carbons (Fsp3) is 0.263. The molecule has 1 aliphatic heterocycles. The summed E-state index contributed by atoms with van der Waals surface area (Å²) in [5.74, 6) is -0.561. The van der Waals surface area contributed by atoms with Crippen LogP contribution in [-0.2, 0) is 15.1 Å². The highest BCUT2D eigenvalue weighted by Gasteiger charge is 2.49. The molecule has 1 saturated heterocycles. The van der Waals surface area contributed by atoms with Gasteiger partial charge in [-0.3, -0.25) is 14.5 Å². The third-order valence-electron chi connectivity index (χ3n) is 4.43. The van der Waals surface area contributed by atoms with Crippen LogP contribution in [0.2, 0.25) is 0 Å². The van der Waals surface area contributed by atoms with Gasteiger partial charge in [-0.25, -0.2) is 9.78 Å². The number of benzene rings is 1. The van der Waals surface area contributed by atoms with E-state index in [0.29, 0.717) is 17.1 Å². The molecule has 8 nitrogen and oxygen atoms in total. The number of rotatable bonds is 5. The first-order valence-electron chi connectivity index (χ1n) is 8.34. The van der Waals surface area contributed by atoms with E-state index in [9.17, 15) is 14.4 Å². The van der Waals surface area contributed by atoms with Crippen molar-refractivity contribution >= 4 is 23.5 Å². The van der Waals surface area contributed by atoms with E-state index in [1.807, 2.05) is 19.1 Å². The number of nitrogens with zero attached hydrogens (tertiary/aromatic N) is 2. The van der Waals surface area contributed by atoms with Crippen LogP contribution < -0.4 is 15.4 Å². The van der Waals surface area contributed by atoms with E-state index in [0.717, 1.165) is 10.5 Å². The molecule has 0 radical (unpaired) electrons. The van der Waals surface area contributed by atoms with E-state index in [-0.39, 0.29) is 0 Å². The van der Waals surface area contributed by atoms with Crippen LogP contribution in [0.5, 0.6) is 5.88 Å². The maximum atomic E-state index is 12.8. The number of carbonyl (C=O) groups is 3. The maximum absolute atomic E-state index is 12.8. The Morgan fingerprint density at radius 3 is 2.52 bits per heavy atom. The first kappa shape index (κ1) is 18.4. The summed E-state index contributed by atoms with van der Waals surface area (Å²) in [7, 11) is 1.49. The molecule has 0 aliphatic carbocycles. The number of imide groups is 1. The first-order valence-corrected chi connectivity index (χ1v) is 8.34. The van der Waals surface area contributed by atoms with E-state index >= 15 is 0 Å². The molecule has 2 N–H and O–H groups in total. The minimum atomic E-state index is -1.20. The van der Waals surface area contributed by atoms with Gasteiger partial charge in [-0.1, -0.05) is 29.8 Å². The van der Waals surface area contributed by atoms with Gasteiger partial charge in [0.15, 0.2) is 0 Å². The second kappa shape index (κ2) is 7.06. The molecule has 0 unspecified atom stereocenters. The predicted molar refractivity (Wildman–Crippen MR) is 98.2 cm³/mol. The van der Waals surface area contributed by atoms with Gasteiger partial charge in [0.2, 0.25) is 11.8 Å². The molecule has 1 aromatic heterocycles. The Balaban J connectivity index is 1.71. The largest absolute Gasteiger partial charge is 0.481 e. The minimum absolute atomic E-state index is 0.391. The number of carbonyl (C=O) groups excluding carboxylic acids is 3. The third kappa shape index (κ3) is 3.59.